The van der Waals surface area contributed by atoms with Crippen molar-refractivity contribution in [1.82, 2.24) is 5.32 Å². The van der Waals surface area contributed by atoms with Crippen LogP contribution in [-0.2, 0) is 14.4 Å². The summed E-state index contributed by atoms with van der Waals surface area (Å²) in [6.07, 6.45) is 1.29. The van der Waals surface area contributed by atoms with Gasteiger partial charge in [-0.25, -0.2) is 9.69 Å². The molecule has 1 aliphatic heterocycles. The molecule has 176 valence electrons. The lowest BCUT2D eigenvalue weighted by Crippen LogP contribution is -2.54. The number of ether oxygens (including phenoxy) is 1. The van der Waals surface area contributed by atoms with E-state index in [0.717, 1.165) is 4.90 Å². The van der Waals surface area contributed by atoms with Gasteiger partial charge in [0.2, 0.25) is 0 Å². The summed E-state index contributed by atoms with van der Waals surface area (Å²) in [6, 6.07) is 17.9. The van der Waals surface area contributed by atoms with E-state index in [1.807, 2.05) is 6.07 Å². The number of hydrogen-bond acceptors (Lipinski definition) is 6. The van der Waals surface area contributed by atoms with E-state index < -0.39 is 17.8 Å². The Morgan fingerprint density at radius 3 is 2.43 bits per heavy atom. The molecule has 0 atom stereocenters. The Morgan fingerprint density at radius 1 is 1.03 bits per heavy atom. The number of phenols is 1. The van der Waals surface area contributed by atoms with E-state index in [9.17, 15) is 24.3 Å². The number of carbonyl (C=O) groups is 4. The van der Waals surface area contributed by atoms with Gasteiger partial charge in [-0.2, -0.15) is 0 Å². The molecule has 1 fully saturated rings. The van der Waals surface area contributed by atoms with Crippen LogP contribution in [0.1, 0.15) is 5.56 Å². The summed E-state index contributed by atoms with van der Waals surface area (Å²) in [5.41, 5.74) is 0.919. The molecule has 0 spiro atoms. The van der Waals surface area contributed by atoms with Crippen LogP contribution in [0.2, 0.25) is 5.02 Å². The molecule has 3 aromatic carbocycles. The SMILES string of the molecule is O=C(COc1ccc(/C=C2/C(=O)NC(=O)N(c3ccc(O)cc3)C2=O)cc1Cl)Nc1ccccc1. The van der Waals surface area contributed by atoms with Crippen molar-refractivity contribution in [3.05, 3.63) is 89.0 Å². The summed E-state index contributed by atoms with van der Waals surface area (Å²) in [4.78, 5) is 50.4. The lowest BCUT2D eigenvalue weighted by atomic mass is 10.1. The number of hydrogen-bond donors (Lipinski definition) is 3. The summed E-state index contributed by atoms with van der Waals surface area (Å²) in [7, 11) is 0. The first-order chi connectivity index (χ1) is 16.8. The number of imide groups is 2. The number of phenolic OH excluding ortho intramolecular Hbond substituents is 1. The van der Waals surface area contributed by atoms with E-state index in [4.69, 9.17) is 16.3 Å². The standard InChI is InChI=1S/C25H18ClN3O6/c26-20-13-15(6-11-21(20)35-14-22(31)27-16-4-2-1-3-5-16)12-19-23(32)28-25(34)29(24(19)33)17-7-9-18(30)10-8-17/h1-13,30H,14H2,(H,27,31)(H,28,32,34)/b19-12-. The van der Waals surface area contributed by atoms with Crippen LogP contribution >= 0.6 is 11.6 Å². The number of halogens is 1. The van der Waals surface area contributed by atoms with Gasteiger partial charge in [-0.1, -0.05) is 35.9 Å². The van der Waals surface area contributed by atoms with Gasteiger partial charge < -0.3 is 15.2 Å². The number of para-hydroxylation sites is 1. The lowest BCUT2D eigenvalue weighted by Gasteiger charge is -2.26. The van der Waals surface area contributed by atoms with Crippen molar-refractivity contribution in [3.63, 3.8) is 0 Å². The quantitative estimate of drug-likeness (QED) is 0.356. The number of amides is 5. The molecule has 0 bridgehead atoms. The van der Waals surface area contributed by atoms with Crippen molar-refractivity contribution in [1.29, 1.82) is 0 Å². The molecule has 3 N–H and O–H groups in total. The van der Waals surface area contributed by atoms with Crippen molar-refractivity contribution in [3.8, 4) is 11.5 Å². The van der Waals surface area contributed by atoms with Crippen LogP contribution < -0.4 is 20.3 Å². The van der Waals surface area contributed by atoms with Gasteiger partial charge in [-0.15, -0.1) is 0 Å². The predicted molar refractivity (Wildman–Crippen MR) is 129 cm³/mol. The number of anilines is 2. The molecule has 0 radical (unpaired) electrons. The van der Waals surface area contributed by atoms with Crippen molar-refractivity contribution in [2.75, 3.05) is 16.8 Å². The highest BCUT2D eigenvalue weighted by atomic mass is 35.5. The Balaban J connectivity index is 1.48. The topological polar surface area (TPSA) is 125 Å². The second-order valence-electron chi connectivity index (χ2n) is 7.37. The number of urea groups is 1. The molecule has 1 heterocycles. The number of aromatic hydroxyl groups is 1. The van der Waals surface area contributed by atoms with Gasteiger partial charge in [0.15, 0.2) is 6.61 Å². The van der Waals surface area contributed by atoms with Crippen LogP contribution in [0.15, 0.2) is 78.4 Å². The van der Waals surface area contributed by atoms with E-state index in [0.29, 0.717) is 11.3 Å². The van der Waals surface area contributed by atoms with Gasteiger partial charge >= 0.3 is 6.03 Å². The highest BCUT2D eigenvalue weighted by Crippen LogP contribution is 2.28. The van der Waals surface area contributed by atoms with Gasteiger partial charge in [-0.3, -0.25) is 19.7 Å². The van der Waals surface area contributed by atoms with Crippen LogP contribution in [-0.4, -0.2) is 35.5 Å². The van der Waals surface area contributed by atoms with E-state index in [-0.39, 0.29) is 40.3 Å². The first-order valence-corrected chi connectivity index (χ1v) is 10.7. The Morgan fingerprint density at radius 2 is 1.74 bits per heavy atom. The first-order valence-electron chi connectivity index (χ1n) is 10.3. The average Bonchev–Trinajstić information content (AvgIpc) is 2.83. The fourth-order valence-corrected chi connectivity index (χ4v) is 3.49. The zero-order valence-corrected chi connectivity index (χ0v) is 18.8. The Kier molecular flexibility index (Phi) is 6.79. The summed E-state index contributed by atoms with van der Waals surface area (Å²) < 4.78 is 5.47. The second-order valence-corrected chi connectivity index (χ2v) is 7.77. The predicted octanol–water partition coefficient (Wildman–Crippen LogP) is 3.73. The minimum absolute atomic E-state index is 0.0417. The lowest BCUT2D eigenvalue weighted by molar-refractivity contribution is -0.122. The highest BCUT2D eigenvalue weighted by molar-refractivity contribution is 6.39. The van der Waals surface area contributed by atoms with Gasteiger partial charge in [0.1, 0.15) is 17.1 Å². The molecule has 9 nitrogen and oxygen atoms in total. The van der Waals surface area contributed by atoms with Crippen molar-refractivity contribution in [2.45, 2.75) is 0 Å². The fourth-order valence-electron chi connectivity index (χ4n) is 3.25. The normalized spacial score (nSPS) is 14.6. The van der Waals surface area contributed by atoms with Crippen molar-refractivity contribution < 1.29 is 29.0 Å². The molecule has 0 unspecified atom stereocenters. The third kappa shape index (κ3) is 5.48. The van der Waals surface area contributed by atoms with Crippen LogP contribution in [0.3, 0.4) is 0 Å². The maximum Gasteiger partial charge on any atom is 0.335 e. The van der Waals surface area contributed by atoms with Crippen molar-refractivity contribution >= 4 is 52.8 Å². The molecule has 5 amide bonds. The Hall–Kier alpha value is -4.63. The molecular formula is C25H18ClN3O6. The van der Waals surface area contributed by atoms with Crippen LogP contribution in [0.4, 0.5) is 16.2 Å². The van der Waals surface area contributed by atoms with E-state index in [2.05, 4.69) is 10.6 Å². The summed E-state index contributed by atoms with van der Waals surface area (Å²) in [5.74, 6) is -1.87. The molecule has 0 aromatic heterocycles. The van der Waals surface area contributed by atoms with E-state index in [1.165, 1.54) is 42.5 Å². The van der Waals surface area contributed by atoms with Gasteiger partial charge in [0.05, 0.1) is 10.7 Å². The Labute approximate surface area is 204 Å². The summed E-state index contributed by atoms with van der Waals surface area (Å²) in [6.45, 7) is -0.278. The zero-order chi connectivity index (χ0) is 24.9. The molecule has 35 heavy (non-hydrogen) atoms. The minimum Gasteiger partial charge on any atom is -0.508 e. The molecule has 10 heteroatoms. The minimum atomic E-state index is -0.904. The first kappa shape index (κ1) is 23.5. The van der Waals surface area contributed by atoms with Crippen LogP contribution in [0.25, 0.3) is 6.08 Å². The molecule has 1 aliphatic rings. The molecule has 3 aromatic rings. The molecule has 1 saturated heterocycles. The number of nitrogens with one attached hydrogen (secondary N) is 2. The number of nitrogens with zero attached hydrogens (tertiary/aromatic N) is 1. The largest absolute Gasteiger partial charge is 0.508 e. The van der Waals surface area contributed by atoms with Crippen LogP contribution in [0.5, 0.6) is 11.5 Å². The fraction of sp³-hybridized carbons (Fsp3) is 0.0400. The van der Waals surface area contributed by atoms with E-state index >= 15 is 0 Å². The molecule has 0 aliphatic carbocycles. The van der Waals surface area contributed by atoms with Gasteiger partial charge in [0.25, 0.3) is 17.7 Å². The zero-order valence-electron chi connectivity index (χ0n) is 18.0. The smallest absolute Gasteiger partial charge is 0.335 e. The highest BCUT2D eigenvalue weighted by Gasteiger charge is 2.36. The monoisotopic (exact) mass is 491 g/mol. The molecule has 0 saturated carbocycles. The summed E-state index contributed by atoms with van der Waals surface area (Å²) >= 11 is 6.27. The number of barbiturate groups is 1. The second kappa shape index (κ2) is 10.1. The average molecular weight is 492 g/mol. The number of carbonyl (C=O) groups excluding carboxylic acids is 4. The maximum absolute atomic E-state index is 12.9. The molecular weight excluding hydrogens is 474 g/mol. The third-order valence-electron chi connectivity index (χ3n) is 4.89. The van der Waals surface area contributed by atoms with Crippen LogP contribution in [0, 0.1) is 0 Å². The summed E-state index contributed by atoms with van der Waals surface area (Å²) in [5, 5.41) is 14.4. The third-order valence-corrected chi connectivity index (χ3v) is 5.19. The van der Waals surface area contributed by atoms with Gasteiger partial charge in [0, 0.05) is 5.69 Å². The van der Waals surface area contributed by atoms with Gasteiger partial charge in [-0.05, 0) is 60.2 Å². The van der Waals surface area contributed by atoms with E-state index in [1.54, 1.807) is 30.3 Å². The maximum atomic E-state index is 12.9. The number of rotatable bonds is 6. The molecule has 4 rings (SSSR count). The van der Waals surface area contributed by atoms with Crippen molar-refractivity contribution in [2.24, 2.45) is 0 Å². The Bertz CT molecular complexity index is 1340. The number of benzene rings is 3.